The third-order valence-corrected chi connectivity index (χ3v) is 4.95. The van der Waals surface area contributed by atoms with E-state index >= 15 is 0 Å². The number of carbonyl (C=O) groups excluding carboxylic acids is 1. The smallest absolute Gasteiger partial charge is 0.227 e. The molecule has 3 rings (SSSR count). The number of rotatable bonds is 5. The van der Waals surface area contributed by atoms with Crippen LogP contribution in [-0.4, -0.2) is 60.6 Å². The lowest BCUT2D eigenvalue weighted by Crippen LogP contribution is -2.63. The summed E-state index contributed by atoms with van der Waals surface area (Å²) in [6, 6.07) is 7.34. The van der Waals surface area contributed by atoms with E-state index in [1.165, 1.54) is 12.1 Å². The molecule has 0 N–H and O–H groups in total. The maximum Gasteiger partial charge on any atom is 0.227 e. The molecule has 0 saturated carbocycles. The van der Waals surface area contributed by atoms with Crippen molar-refractivity contribution < 1.29 is 13.9 Å². The lowest BCUT2D eigenvalue weighted by atomic mass is 9.99. The fraction of sp³-hybridized carbons (Fsp3) is 0.611. The molecule has 0 radical (unpaired) electrons. The molecule has 0 unspecified atom stereocenters. The van der Waals surface area contributed by atoms with Crippen molar-refractivity contribution in [3.63, 3.8) is 0 Å². The van der Waals surface area contributed by atoms with Crippen molar-refractivity contribution in [2.75, 3.05) is 32.8 Å². The standard InChI is InChI=1S/C18H25FN2O2/c1-2-21(16-6-8-23-9-7-16)17-12-20(13-17)18(22)11-14-4-3-5-15(19)10-14/h3-5,10,16-17H,2,6-9,11-13H2,1H3. The van der Waals surface area contributed by atoms with Gasteiger partial charge in [-0.2, -0.15) is 0 Å². The second-order valence-electron chi connectivity index (χ2n) is 6.43. The highest BCUT2D eigenvalue weighted by molar-refractivity contribution is 5.79. The van der Waals surface area contributed by atoms with Gasteiger partial charge in [0.2, 0.25) is 5.91 Å². The van der Waals surface area contributed by atoms with Crippen molar-refractivity contribution in [3.8, 4) is 0 Å². The highest BCUT2D eigenvalue weighted by Crippen LogP contribution is 2.23. The Balaban J connectivity index is 1.50. The van der Waals surface area contributed by atoms with Gasteiger partial charge < -0.3 is 9.64 Å². The number of carbonyl (C=O) groups is 1. The maximum absolute atomic E-state index is 13.2. The number of benzene rings is 1. The number of ether oxygens (including phenoxy) is 1. The van der Waals surface area contributed by atoms with Crippen LogP contribution in [-0.2, 0) is 16.0 Å². The monoisotopic (exact) mass is 320 g/mol. The quantitative estimate of drug-likeness (QED) is 0.833. The molecule has 2 heterocycles. The van der Waals surface area contributed by atoms with Gasteiger partial charge in [-0.15, -0.1) is 0 Å². The Morgan fingerprint density at radius 2 is 2.04 bits per heavy atom. The van der Waals surface area contributed by atoms with Crippen LogP contribution in [0.1, 0.15) is 25.3 Å². The predicted octanol–water partition coefficient (Wildman–Crippen LogP) is 2.08. The zero-order valence-corrected chi connectivity index (χ0v) is 13.7. The number of nitrogens with zero attached hydrogens (tertiary/aromatic N) is 2. The fourth-order valence-corrected chi connectivity index (χ4v) is 3.63. The van der Waals surface area contributed by atoms with Gasteiger partial charge >= 0.3 is 0 Å². The SMILES string of the molecule is CCN(C1CCOCC1)C1CN(C(=O)Cc2cccc(F)c2)C1. The Hall–Kier alpha value is -1.46. The van der Waals surface area contributed by atoms with E-state index in [4.69, 9.17) is 4.74 Å². The summed E-state index contributed by atoms with van der Waals surface area (Å²) in [6.45, 7) is 6.47. The van der Waals surface area contributed by atoms with Crippen LogP contribution in [0.3, 0.4) is 0 Å². The third-order valence-electron chi connectivity index (χ3n) is 4.95. The molecule has 2 saturated heterocycles. The predicted molar refractivity (Wildman–Crippen MR) is 86.7 cm³/mol. The zero-order chi connectivity index (χ0) is 16.2. The summed E-state index contributed by atoms with van der Waals surface area (Å²) in [5.41, 5.74) is 0.746. The number of likely N-dealkylation sites (tertiary alicyclic amines) is 1. The summed E-state index contributed by atoms with van der Waals surface area (Å²) in [7, 11) is 0. The summed E-state index contributed by atoms with van der Waals surface area (Å²) in [5, 5.41) is 0. The molecule has 23 heavy (non-hydrogen) atoms. The molecular formula is C18H25FN2O2. The maximum atomic E-state index is 13.2. The molecule has 4 nitrogen and oxygen atoms in total. The molecule has 2 fully saturated rings. The van der Waals surface area contributed by atoms with Gasteiger partial charge in [-0.1, -0.05) is 19.1 Å². The molecular weight excluding hydrogens is 295 g/mol. The average Bonchev–Trinajstić information content (AvgIpc) is 2.51. The Labute approximate surface area is 137 Å². The molecule has 5 heteroatoms. The van der Waals surface area contributed by atoms with E-state index < -0.39 is 0 Å². The van der Waals surface area contributed by atoms with Crippen molar-refractivity contribution in [3.05, 3.63) is 35.6 Å². The Morgan fingerprint density at radius 3 is 2.70 bits per heavy atom. The lowest BCUT2D eigenvalue weighted by molar-refractivity contribution is -0.139. The highest BCUT2D eigenvalue weighted by atomic mass is 19.1. The molecule has 0 spiro atoms. The van der Waals surface area contributed by atoms with E-state index in [-0.39, 0.29) is 18.1 Å². The minimum absolute atomic E-state index is 0.0925. The molecule has 1 amide bonds. The Kier molecular flexibility index (Phi) is 5.28. The average molecular weight is 320 g/mol. The van der Waals surface area contributed by atoms with Crippen LogP contribution < -0.4 is 0 Å². The molecule has 2 aliphatic rings. The van der Waals surface area contributed by atoms with Gasteiger partial charge in [0.1, 0.15) is 5.82 Å². The molecule has 1 aromatic rings. The topological polar surface area (TPSA) is 32.8 Å². The molecule has 0 bridgehead atoms. The number of hydrogen-bond donors (Lipinski definition) is 0. The van der Waals surface area contributed by atoms with Crippen LogP contribution in [0.4, 0.5) is 4.39 Å². The van der Waals surface area contributed by atoms with Crippen molar-refractivity contribution in [2.45, 2.75) is 38.3 Å². The number of halogens is 1. The summed E-state index contributed by atoms with van der Waals surface area (Å²) in [4.78, 5) is 16.7. The van der Waals surface area contributed by atoms with E-state index in [0.717, 1.165) is 51.3 Å². The van der Waals surface area contributed by atoms with E-state index in [1.807, 2.05) is 4.90 Å². The van der Waals surface area contributed by atoms with Crippen molar-refractivity contribution in [2.24, 2.45) is 0 Å². The van der Waals surface area contributed by atoms with Crippen molar-refractivity contribution in [1.29, 1.82) is 0 Å². The second kappa shape index (κ2) is 7.41. The van der Waals surface area contributed by atoms with Crippen molar-refractivity contribution >= 4 is 5.91 Å². The van der Waals surface area contributed by atoms with Crippen LogP contribution in [0.15, 0.2) is 24.3 Å². The summed E-state index contributed by atoms with van der Waals surface area (Å²) >= 11 is 0. The van der Waals surface area contributed by atoms with Gasteiger partial charge in [0, 0.05) is 38.4 Å². The normalized spacial score (nSPS) is 19.9. The molecule has 1 aromatic carbocycles. The summed E-state index contributed by atoms with van der Waals surface area (Å²) in [5.74, 6) is -0.191. The van der Waals surface area contributed by atoms with Crippen LogP contribution in [0, 0.1) is 5.82 Å². The third kappa shape index (κ3) is 3.90. The lowest BCUT2D eigenvalue weighted by Gasteiger charge is -2.48. The molecule has 0 aliphatic carbocycles. The van der Waals surface area contributed by atoms with Gasteiger partial charge in [0.05, 0.1) is 6.42 Å². The van der Waals surface area contributed by atoms with Gasteiger partial charge in [-0.3, -0.25) is 9.69 Å². The van der Waals surface area contributed by atoms with Crippen molar-refractivity contribution in [1.82, 2.24) is 9.80 Å². The van der Waals surface area contributed by atoms with E-state index in [2.05, 4.69) is 11.8 Å². The van der Waals surface area contributed by atoms with Crippen LogP contribution >= 0.6 is 0 Å². The Morgan fingerprint density at radius 1 is 1.30 bits per heavy atom. The first-order valence-corrected chi connectivity index (χ1v) is 8.53. The minimum atomic E-state index is -0.284. The highest BCUT2D eigenvalue weighted by Gasteiger charge is 2.37. The van der Waals surface area contributed by atoms with E-state index in [1.54, 1.807) is 12.1 Å². The van der Waals surface area contributed by atoms with E-state index in [0.29, 0.717) is 12.1 Å². The van der Waals surface area contributed by atoms with Gasteiger partial charge in [0.25, 0.3) is 0 Å². The summed E-state index contributed by atoms with van der Waals surface area (Å²) in [6.07, 6.45) is 2.46. The molecule has 0 atom stereocenters. The molecule has 2 aliphatic heterocycles. The second-order valence-corrected chi connectivity index (χ2v) is 6.43. The summed E-state index contributed by atoms with van der Waals surface area (Å²) < 4.78 is 18.6. The van der Waals surface area contributed by atoms with E-state index in [9.17, 15) is 9.18 Å². The number of amides is 1. The minimum Gasteiger partial charge on any atom is -0.381 e. The number of hydrogen-bond acceptors (Lipinski definition) is 3. The number of likely N-dealkylation sites (N-methyl/N-ethyl adjacent to an activating group) is 1. The molecule has 126 valence electrons. The van der Waals surface area contributed by atoms with Crippen LogP contribution in [0.2, 0.25) is 0 Å². The fourth-order valence-electron chi connectivity index (χ4n) is 3.63. The first-order chi connectivity index (χ1) is 11.2. The van der Waals surface area contributed by atoms with Gasteiger partial charge in [-0.25, -0.2) is 4.39 Å². The molecule has 0 aromatic heterocycles. The van der Waals surface area contributed by atoms with Gasteiger partial charge in [0.15, 0.2) is 0 Å². The Bertz CT molecular complexity index is 540. The zero-order valence-electron chi connectivity index (χ0n) is 13.7. The van der Waals surface area contributed by atoms with Gasteiger partial charge in [-0.05, 0) is 37.1 Å². The van der Waals surface area contributed by atoms with Crippen LogP contribution in [0.5, 0.6) is 0 Å². The first kappa shape index (κ1) is 16.4. The van der Waals surface area contributed by atoms with Crippen LogP contribution in [0.25, 0.3) is 0 Å². The largest absolute Gasteiger partial charge is 0.381 e. The first-order valence-electron chi connectivity index (χ1n) is 8.53.